The number of fused-ring (bicyclic) bond motifs is 1. The molecule has 0 spiro atoms. The number of amides is 1. The van der Waals surface area contributed by atoms with E-state index in [9.17, 15) is 4.79 Å². The van der Waals surface area contributed by atoms with Gasteiger partial charge in [-0.05, 0) is 48.2 Å². The number of benzene rings is 3. The predicted molar refractivity (Wildman–Crippen MR) is 123 cm³/mol. The second kappa shape index (κ2) is 9.56. The van der Waals surface area contributed by atoms with Crippen LogP contribution in [0.4, 0.5) is 5.69 Å². The van der Waals surface area contributed by atoms with E-state index < -0.39 is 0 Å². The highest BCUT2D eigenvalue weighted by atomic mass is 16.5. The van der Waals surface area contributed by atoms with Crippen molar-refractivity contribution >= 4 is 11.6 Å². The number of methoxy groups -OCH3 is 1. The molecule has 0 bridgehead atoms. The number of para-hydroxylation sites is 1. The third kappa shape index (κ3) is 4.50. The smallest absolute Gasteiger partial charge is 0.257 e. The van der Waals surface area contributed by atoms with Crippen LogP contribution in [0.2, 0.25) is 0 Å². The lowest BCUT2D eigenvalue weighted by Crippen LogP contribution is -2.44. The number of nitrogens with zero attached hydrogens (tertiary/aromatic N) is 1. The molecule has 4 rings (SSSR count). The first-order valence-electron chi connectivity index (χ1n) is 10.7. The largest absolute Gasteiger partial charge is 0.493 e. The molecule has 0 fully saturated rings. The quantitative estimate of drug-likeness (QED) is 0.542. The Bertz CT molecular complexity index is 1040. The molecule has 5 nitrogen and oxygen atoms in total. The van der Waals surface area contributed by atoms with Gasteiger partial charge in [0.15, 0.2) is 11.5 Å². The van der Waals surface area contributed by atoms with Crippen LogP contribution in [0.25, 0.3) is 0 Å². The van der Waals surface area contributed by atoms with Crippen LogP contribution >= 0.6 is 0 Å². The van der Waals surface area contributed by atoms with E-state index in [0.717, 1.165) is 24.1 Å². The molecule has 1 amide bonds. The van der Waals surface area contributed by atoms with E-state index in [1.807, 2.05) is 65.6 Å². The Morgan fingerprint density at radius 1 is 0.968 bits per heavy atom. The molecular formula is C26H28N2O3. The lowest BCUT2D eigenvalue weighted by atomic mass is 10.0. The molecular weight excluding hydrogens is 388 g/mol. The number of rotatable bonds is 8. The van der Waals surface area contributed by atoms with Crippen LogP contribution in [0, 0.1) is 0 Å². The van der Waals surface area contributed by atoms with Crippen molar-refractivity contribution in [2.75, 3.05) is 25.6 Å². The summed E-state index contributed by atoms with van der Waals surface area (Å²) >= 11 is 0. The molecule has 1 atom stereocenters. The summed E-state index contributed by atoms with van der Waals surface area (Å²) in [4.78, 5) is 15.3. The maximum atomic E-state index is 13.4. The van der Waals surface area contributed by atoms with Crippen molar-refractivity contribution in [2.24, 2.45) is 0 Å². The Labute approximate surface area is 183 Å². The minimum absolute atomic E-state index is 0.0283. The monoisotopic (exact) mass is 416 g/mol. The average Bonchev–Trinajstić information content (AvgIpc) is 2.82. The SMILES string of the molecule is CCCOc1ccc(C2Nc3ccccc3C(=O)N2CCc2ccccc2)cc1OC. The summed E-state index contributed by atoms with van der Waals surface area (Å²) in [6.45, 7) is 3.30. The molecule has 1 heterocycles. The van der Waals surface area contributed by atoms with Gasteiger partial charge in [-0.15, -0.1) is 0 Å². The van der Waals surface area contributed by atoms with Crippen molar-refractivity contribution in [3.63, 3.8) is 0 Å². The summed E-state index contributed by atoms with van der Waals surface area (Å²) in [6.07, 6.45) is 1.41. The van der Waals surface area contributed by atoms with Crippen LogP contribution in [-0.4, -0.2) is 31.1 Å². The first-order valence-corrected chi connectivity index (χ1v) is 10.7. The Hall–Kier alpha value is -3.47. The van der Waals surface area contributed by atoms with E-state index in [-0.39, 0.29) is 12.1 Å². The standard InChI is InChI=1S/C26H28N2O3/c1-3-17-31-23-14-13-20(18-24(23)30-2)25-27-22-12-8-7-11-21(22)26(29)28(25)16-15-19-9-5-4-6-10-19/h4-14,18,25,27H,3,15-17H2,1-2H3. The number of carbonyl (C=O) groups is 1. The zero-order chi connectivity index (χ0) is 21.6. The first kappa shape index (κ1) is 20.8. The normalized spacial score (nSPS) is 15.2. The van der Waals surface area contributed by atoms with Crippen molar-refractivity contribution in [2.45, 2.75) is 25.9 Å². The third-order valence-corrected chi connectivity index (χ3v) is 5.47. The van der Waals surface area contributed by atoms with E-state index in [2.05, 4.69) is 24.4 Å². The van der Waals surface area contributed by atoms with Gasteiger partial charge in [-0.2, -0.15) is 0 Å². The van der Waals surface area contributed by atoms with Gasteiger partial charge in [0.2, 0.25) is 0 Å². The highest BCUT2D eigenvalue weighted by Gasteiger charge is 2.33. The van der Waals surface area contributed by atoms with Crippen LogP contribution in [0.5, 0.6) is 11.5 Å². The molecule has 0 saturated carbocycles. The summed E-state index contributed by atoms with van der Waals surface area (Å²) in [5.41, 5.74) is 3.70. The fourth-order valence-corrected chi connectivity index (χ4v) is 3.87. The molecule has 3 aromatic carbocycles. The van der Waals surface area contributed by atoms with Crippen LogP contribution in [0.1, 0.15) is 41.0 Å². The summed E-state index contributed by atoms with van der Waals surface area (Å²) in [6, 6.07) is 23.8. The van der Waals surface area contributed by atoms with Crippen molar-refractivity contribution in [1.29, 1.82) is 0 Å². The number of carbonyl (C=O) groups excluding carboxylic acids is 1. The molecule has 1 aliphatic rings. The minimum atomic E-state index is -0.291. The van der Waals surface area contributed by atoms with Gasteiger partial charge < -0.3 is 19.7 Å². The fourth-order valence-electron chi connectivity index (χ4n) is 3.87. The summed E-state index contributed by atoms with van der Waals surface area (Å²) in [7, 11) is 1.64. The molecule has 3 aromatic rings. The highest BCUT2D eigenvalue weighted by Crippen LogP contribution is 2.37. The van der Waals surface area contributed by atoms with E-state index >= 15 is 0 Å². The summed E-state index contributed by atoms with van der Waals surface area (Å²) in [5, 5.41) is 3.55. The second-order valence-corrected chi connectivity index (χ2v) is 7.59. The van der Waals surface area contributed by atoms with Gasteiger partial charge in [0.25, 0.3) is 5.91 Å². The Morgan fingerprint density at radius 3 is 2.52 bits per heavy atom. The number of anilines is 1. The van der Waals surface area contributed by atoms with Crippen molar-refractivity contribution < 1.29 is 14.3 Å². The van der Waals surface area contributed by atoms with Crippen molar-refractivity contribution in [3.8, 4) is 11.5 Å². The van der Waals surface area contributed by atoms with Gasteiger partial charge in [0, 0.05) is 12.2 Å². The lowest BCUT2D eigenvalue weighted by molar-refractivity contribution is 0.0685. The van der Waals surface area contributed by atoms with Gasteiger partial charge in [0.1, 0.15) is 6.17 Å². The lowest BCUT2D eigenvalue weighted by Gasteiger charge is -2.38. The molecule has 5 heteroatoms. The molecule has 0 aromatic heterocycles. The van der Waals surface area contributed by atoms with Gasteiger partial charge in [-0.1, -0.05) is 55.5 Å². The third-order valence-electron chi connectivity index (χ3n) is 5.47. The number of hydrogen-bond acceptors (Lipinski definition) is 4. The summed E-state index contributed by atoms with van der Waals surface area (Å²) < 4.78 is 11.4. The topological polar surface area (TPSA) is 50.8 Å². The number of hydrogen-bond donors (Lipinski definition) is 1. The molecule has 1 unspecified atom stereocenters. The minimum Gasteiger partial charge on any atom is -0.493 e. The van der Waals surface area contributed by atoms with Crippen molar-refractivity contribution in [1.82, 2.24) is 4.90 Å². The molecule has 160 valence electrons. The number of ether oxygens (including phenoxy) is 2. The van der Waals surface area contributed by atoms with Crippen molar-refractivity contribution in [3.05, 3.63) is 89.5 Å². The highest BCUT2D eigenvalue weighted by molar-refractivity contribution is 6.01. The Balaban J connectivity index is 1.66. The van der Waals surface area contributed by atoms with E-state index in [1.54, 1.807) is 7.11 Å². The fraction of sp³-hybridized carbons (Fsp3) is 0.269. The van der Waals surface area contributed by atoms with Gasteiger partial charge >= 0.3 is 0 Å². The molecule has 1 N–H and O–H groups in total. The van der Waals surface area contributed by atoms with Crippen LogP contribution < -0.4 is 14.8 Å². The molecule has 0 radical (unpaired) electrons. The second-order valence-electron chi connectivity index (χ2n) is 7.59. The number of nitrogens with one attached hydrogen (secondary N) is 1. The van der Waals surface area contributed by atoms with Gasteiger partial charge in [-0.25, -0.2) is 0 Å². The maximum absolute atomic E-state index is 13.4. The van der Waals surface area contributed by atoms with Crippen LogP contribution in [-0.2, 0) is 6.42 Å². The van der Waals surface area contributed by atoms with E-state index in [1.165, 1.54) is 5.56 Å². The molecule has 1 aliphatic heterocycles. The van der Waals surface area contributed by atoms with E-state index in [0.29, 0.717) is 30.2 Å². The predicted octanol–water partition coefficient (Wildman–Crippen LogP) is 5.29. The maximum Gasteiger partial charge on any atom is 0.257 e. The molecule has 0 saturated heterocycles. The molecule has 0 aliphatic carbocycles. The van der Waals surface area contributed by atoms with Crippen LogP contribution in [0.15, 0.2) is 72.8 Å². The Morgan fingerprint density at radius 2 is 1.74 bits per heavy atom. The van der Waals surface area contributed by atoms with Gasteiger partial charge in [-0.3, -0.25) is 4.79 Å². The van der Waals surface area contributed by atoms with E-state index in [4.69, 9.17) is 9.47 Å². The van der Waals surface area contributed by atoms with Crippen LogP contribution in [0.3, 0.4) is 0 Å². The average molecular weight is 417 g/mol. The zero-order valence-electron chi connectivity index (χ0n) is 18.0. The first-order chi connectivity index (χ1) is 15.2. The Kier molecular flexibility index (Phi) is 6.41. The van der Waals surface area contributed by atoms with Gasteiger partial charge in [0.05, 0.1) is 19.3 Å². The summed E-state index contributed by atoms with van der Waals surface area (Å²) in [5.74, 6) is 1.41. The zero-order valence-corrected chi connectivity index (χ0v) is 18.0. The molecule has 31 heavy (non-hydrogen) atoms.